The van der Waals surface area contributed by atoms with Crippen LogP contribution in [-0.4, -0.2) is 37.2 Å². The first kappa shape index (κ1) is 77.4. The standard InChI is InChI=1S/C73H142O6/c1-4-7-10-13-16-19-22-25-27-29-31-33-34-35-36-37-38-39-40-42-43-45-48-51-54-57-60-63-66-72(75)78-69-70(68-77-71(74)65-62-59-56-53-50-47-24-21-18-15-12-9-6-3)79-73(76)67-64-61-58-55-52-49-46-44-41-32-30-28-26-23-20-17-14-11-8-5-2/h70H,4-69H2,1-3H3. The highest BCUT2D eigenvalue weighted by Crippen LogP contribution is 2.20. The molecule has 0 saturated heterocycles. The predicted octanol–water partition coefficient (Wildman–Crippen LogP) is 25.0. The van der Waals surface area contributed by atoms with E-state index in [1.165, 1.54) is 334 Å². The van der Waals surface area contributed by atoms with Gasteiger partial charge in [-0.15, -0.1) is 0 Å². The number of esters is 3. The molecule has 0 radical (unpaired) electrons. The maximum atomic E-state index is 12.9. The minimum absolute atomic E-state index is 0.0601. The zero-order valence-electron chi connectivity index (χ0n) is 54.2. The van der Waals surface area contributed by atoms with Crippen LogP contribution in [0.2, 0.25) is 0 Å². The summed E-state index contributed by atoms with van der Waals surface area (Å²) < 4.78 is 17.0. The molecule has 0 amide bonds. The zero-order valence-corrected chi connectivity index (χ0v) is 54.2. The molecule has 0 spiro atoms. The van der Waals surface area contributed by atoms with Crippen molar-refractivity contribution >= 4 is 17.9 Å². The lowest BCUT2D eigenvalue weighted by atomic mass is 10.0. The summed E-state index contributed by atoms with van der Waals surface area (Å²) in [7, 11) is 0. The quantitative estimate of drug-likeness (QED) is 0.0343. The third-order valence-electron chi connectivity index (χ3n) is 17.1. The first-order valence-corrected chi connectivity index (χ1v) is 36.5. The van der Waals surface area contributed by atoms with Gasteiger partial charge in [0.2, 0.25) is 0 Å². The van der Waals surface area contributed by atoms with Gasteiger partial charge in [-0.2, -0.15) is 0 Å². The Balaban J connectivity index is 4.15. The molecule has 0 N–H and O–H groups in total. The van der Waals surface area contributed by atoms with Gasteiger partial charge in [0.1, 0.15) is 13.2 Å². The minimum atomic E-state index is -0.763. The van der Waals surface area contributed by atoms with Gasteiger partial charge in [-0.25, -0.2) is 0 Å². The Morgan fingerprint density at radius 1 is 0.203 bits per heavy atom. The van der Waals surface area contributed by atoms with Crippen molar-refractivity contribution in [1.82, 2.24) is 0 Å². The lowest BCUT2D eigenvalue weighted by Crippen LogP contribution is -2.30. The third kappa shape index (κ3) is 67.1. The van der Waals surface area contributed by atoms with E-state index in [9.17, 15) is 14.4 Å². The van der Waals surface area contributed by atoms with Gasteiger partial charge in [-0.3, -0.25) is 14.4 Å². The van der Waals surface area contributed by atoms with Crippen LogP contribution < -0.4 is 0 Å². The summed E-state index contributed by atoms with van der Waals surface area (Å²) in [5.74, 6) is -0.819. The highest BCUT2D eigenvalue weighted by atomic mass is 16.6. The highest BCUT2D eigenvalue weighted by Gasteiger charge is 2.20. The van der Waals surface area contributed by atoms with Crippen molar-refractivity contribution in [2.45, 2.75) is 438 Å². The van der Waals surface area contributed by atoms with Crippen molar-refractivity contribution in [2.24, 2.45) is 0 Å². The molecule has 0 aliphatic carbocycles. The van der Waals surface area contributed by atoms with Gasteiger partial charge in [0.25, 0.3) is 0 Å². The Kier molecular flexibility index (Phi) is 67.5. The van der Waals surface area contributed by atoms with Gasteiger partial charge in [0.15, 0.2) is 6.10 Å². The molecule has 0 saturated carbocycles. The van der Waals surface area contributed by atoms with Gasteiger partial charge in [-0.05, 0) is 19.3 Å². The van der Waals surface area contributed by atoms with Crippen molar-refractivity contribution in [2.75, 3.05) is 13.2 Å². The average molecular weight is 1120 g/mol. The second kappa shape index (κ2) is 68.9. The maximum Gasteiger partial charge on any atom is 0.306 e. The zero-order chi connectivity index (χ0) is 57.1. The summed E-state index contributed by atoms with van der Waals surface area (Å²) in [6.45, 7) is 6.74. The average Bonchev–Trinajstić information content (AvgIpc) is 3.45. The summed E-state index contributed by atoms with van der Waals surface area (Å²) in [5, 5.41) is 0. The first-order chi connectivity index (χ1) is 39.0. The fourth-order valence-electron chi connectivity index (χ4n) is 11.6. The van der Waals surface area contributed by atoms with Crippen LogP contribution in [0, 0.1) is 0 Å². The molecule has 0 aromatic heterocycles. The van der Waals surface area contributed by atoms with Crippen molar-refractivity contribution in [1.29, 1.82) is 0 Å². The summed E-state index contributed by atoms with van der Waals surface area (Å²) in [5.41, 5.74) is 0. The molecule has 0 aliphatic rings. The molecule has 79 heavy (non-hydrogen) atoms. The van der Waals surface area contributed by atoms with E-state index in [2.05, 4.69) is 20.8 Å². The van der Waals surface area contributed by atoms with E-state index < -0.39 is 6.10 Å². The van der Waals surface area contributed by atoms with Gasteiger partial charge in [0.05, 0.1) is 0 Å². The highest BCUT2D eigenvalue weighted by molar-refractivity contribution is 5.71. The van der Waals surface area contributed by atoms with Crippen LogP contribution in [0.3, 0.4) is 0 Å². The van der Waals surface area contributed by atoms with Crippen molar-refractivity contribution in [3.63, 3.8) is 0 Å². The molecule has 0 fully saturated rings. The molecule has 6 nitrogen and oxygen atoms in total. The molecule has 1 unspecified atom stereocenters. The van der Waals surface area contributed by atoms with Crippen LogP contribution in [-0.2, 0) is 28.6 Å². The Labute approximate surface area is 495 Å². The fourth-order valence-corrected chi connectivity index (χ4v) is 11.6. The lowest BCUT2D eigenvalue weighted by molar-refractivity contribution is -0.167. The summed E-state index contributed by atoms with van der Waals surface area (Å²) >= 11 is 0. The number of ether oxygens (including phenoxy) is 3. The van der Waals surface area contributed by atoms with Crippen molar-refractivity contribution < 1.29 is 28.6 Å². The second-order valence-electron chi connectivity index (χ2n) is 25.2. The number of hydrogen-bond acceptors (Lipinski definition) is 6. The Hall–Kier alpha value is -1.59. The smallest absolute Gasteiger partial charge is 0.306 e. The number of unbranched alkanes of at least 4 members (excludes halogenated alkanes) is 58. The molecule has 0 heterocycles. The molecule has 0 aromatic carbocycles. The third-order valence-corrected chi connectivity index (χ3v) is 17.1. The molecule has 1 atom stereocenters. The minimum Gasteiger partial charge on any atom is -0.462 e. The summed E-state index contributed by atoms with van der Waals surface area (Å²) in [6.07, 6.45) is 81.5. The molecule has 0 aromatic rings. The van der Waals surface area contributed by atoms with Gasteiger partial charge < -0.3 is 14.2 Å². The predicted molar refractivity (Wildman–Crippen MR) is 344 cm³/mol. The van der Waals surface area contributed by atoms with E-state index in [0.717, 1.165) is 57.8 Å². The normalized spacial score (nSPS) is 11.9. The van der Waals surface area contributed by atoms with Crippen LogP contribution in [0.5, 0.6) is 0 Å². The molecule has 0 bridgehead atoms. The van der Waals surface area contributed by atoms with E-state index in [-0.39, 0.29) is 31.1 Å². The first-order valence-electron chi connectivity index (χ1n) is 36.5. The van der Waals surface area contributed by atoms with E-state index >= 15 is 0 Å². The van der Waals surface area contributed by atoms with Crippen LogP contribution in [0.25, 0.3) is 0 Å². The van der Waals surface area contributed by atoms with E-state index in [0.29, 0.717) is 19.3 Å². The number of carbonyl (C=O) groups is 3. The van der Waals surface area contributed by atoms with Crippen LogP contribution in [0.4, 0.5) is 0 Å². The molecule has 6 heteroatoms. The van der Waals surface area contributed by atoms with Gasteiger partial charge in [-0.1, -0.05) is 393 Å². The van der Waals surface area contributed by atoms with Crippen LogP contribution in [0.15, 0.2) is 0 Å². The summed E-state index contributed by atoms with van der Waals surface area (Å²) in [6, 6.07) is 0. The van der Waals surface area contributed by atoms with Crippen LogP contribution in [0.1, 0.15) is 432 Å². The number of carbonyl (C=O) groups excluding carboxylic acids is 3. The van der Waals surface area contributed by atoms with E-state index in [1.54, 1.807) is 0 Å². The van der Waals surface area contributed by atoms with E-state index in [4.69, 9.17) is 14.2 Å². The van der Waals surface area contributed by atoms with Gasteiger partial charge in [0, 0.05) is 19.3 Å². The van der Waals surface area contributed by atoms with Crippen molar-refractivity contribution in [3.8, 4) is 0 Å². The number of rotatable bonds is 69. The molecule has 470 valence electrons. The lowest BCUT2D eigenvalue weighted by Gasteiger charge is -2.18. The Morgan fingerprint density at radius 3 is 0.506 bits per heavy atom. The number of hydrogen-bond donors (Lipinski definition) is 0. The fraction of sp³-hybridized carbons (Fsp3) is 0.959. The largest absolute Gasteiger partial charge is 0.462 e. The van der Waals surface area contributed by atoms with Crippen LogP contribution >= 0.6 is 0 Å². The monoisotopic (exact) mass is 1120 g/mol. The topological polar surface area (TPSA) is 78.9 Å². The molecular formula is C73H142O6. The Bertz CT molecular complexity index is 1190. The van der Waals surface area contributed by atoms with Crippen molar-refractivity contribution in [3.05, 3.63) is 0 Å². The maximum absolute atomic E-state index is 12.9. The SMILES string of the molecule is CCCCCCCCCCCCCCCCCCCCCCCCCCCCCCC(=O)OCC(COC(=O)CCCCCCCCCCCCCCC)OC(=O)CCCCCCCCCCCCCCCCCCCCCC. The van der Waals surface area contributed by atoms with E-state index in [1.807, 2.05) is 0 Å². The molecule has 0 aliphatic heterocycles. The molecule has 0 rings (SSSR count). The molecular weight excluding hydrogens is 973 g/mol. The van der Waals surface area contributed by atoms with Gasteiger partial charge >= 0.3 is 17.9 Å². The Morgan fingerprint density at radius 2 is 0.342 bits per heavy atom. The summed E-state index contributed by atoms with van der Waals surface area (Å²) in [4.78, 5) is 38.4. The second-order valence-corrected chi connectivity index (χ2v) is 25.2.